The highest BCUT2D eigenvalue weighted by Crippen LogP contribution is 2.72. The van der Waals surface area contributed by atoms with E-state index in [1.54, 1.807) is 6.33 Å². The highest BCUT2D eigenvalue weighted by Gasteiger charge is 2.76. The highest BCUT2D eigenvalue weighted by molar-refractivity contribution is 6.99. The van der Waals surface area contributed by atoms with Crippen molar-refractivity contribution in [2.75, 3.05) is 11.9 Å². The Labute approximate surface area is 291 Å². The van der Waals surface area contributed by atoms with E-state index in [1.165, 1.54) is 48.9 Å². The fraction of sp³-hybridized carbons (Fsp3) is 0.575. The Hall–Kier alpha value is -3.11. The Balaban J connectivity index is 1.06. The van der Waals surface area contributed by atoms with Crippen LogP contribution < -0.4 is 15.7 Å². The molecule has 0 radical (unpaired) electrons. The van der Waals surface area contributed by atoms with Crippen molar-refractivity contribution >= 4 is 35.7 Å². The van der Waals surface area contributed by atoms with Gasteiger partial charge >= 0.3 is 0 Å². The number of nitrogens with one attached hydrogen (secondary N) is 1. The number of imidazole rings is 1. The Morgan fingerprint density at radius 1 is 0.898 bits per heavy atom. The minimum Gasteiger partial charge on any atom is -0.407 e. The lowest BCUT2D eigenvalue weighted by Crippen LogP contribution is -2.67. The van der Waals surface area contributed by atoms with Gasteiger partial charge in [0.05, 0.1) is 18.5 Å². The maximum atomic E-state index is 7.61. The number of nitrogens with zero attached hydrogens (tertiary/aromatic N) is 4. The van der Waals surface area contributed by atoms with E-state index in [4.69, 9.17) is 28.9 Å². The standard InChI is InChI=1S/C40H51N5O3Si/c1-38(2,3)49(28-18-8-6-9-19-28,29-20-10-7-11-21-29)46-23-40-22-30(40)33(34-35(40)48-39(4,5)47-34)45-25-43-32-36(41-24-42-37(32)45)44-31(26-14-12-15-26)27-16-13-17-27/h6-11,18-21,24-27,30-31,33-35H,12-17,22-23H2,1-5H3,(H,41,42,44)/t30-,33-,34+,35+,40+/m1/s1. The molecule has 9 heteroatoms. The molecular formula is C40H51N5O3Si. The predicted octanol–water partition coefficient (Wildman–Crippen LogP) is 6.86. The van der Waals surface area contributed by atoms with E-state index in [0.717, 1.165) is 35.2 Å². The molecule has 5 fully saturated rings. The normalized spacial score (nSPS) is 29.4. The van der Waals surface area contributed by atoms with Crippen LogP contribution >= 0.6 is 0 Å². The van der Waals surface area contributed by atoms with E-state index in [1.807, 2.05) is 20.2 Å². The summed E-state index contributed by atoms with van der Waals surface area (Å²) in [6.07, 6.45) is 12.5. The lowest BCUT2D eigenvalue weighted by Gasteiger charge is -2.44. The molecule has 5 atom stereocenters. The van der Waals surface area contributed by atoms with Gasteiger partial charge < -0.3 is 23.8 Å². The molecule has 8 nitrogen and oxygen atoms in total. The first-order valence-electron chi connectivity index (χ1n) is 18.7. The SMILES string of the molecule is CC1(C)O[C@H]2[C@H](n3cnc4c(NC(C5CCC5)C5CCC5)ncnc43)[C@H]3C[C@@]3(CO[Si](c3ccccc3)(c3ccccc3)C(C)(C)C)[C@H]2O1. The molecule has 0 spiro atoms. The summed E-state index contributed by atoms with van der Waals surface area (Å²) in [7, 11) is -2.73. The molecule has 0 bridgehead atoms. The molecule has 3 heterocycles. The summed E-state index contributed by atoms with van der Waals surface area (Å²) in [6.45, 7) is 11.8. The number of anilines is 1. The van der Waals surface area contributed by atoms with Gasteiger partial charge in [-0.1, -0.05) is 94.3 Å². The van der Waals surface area contributed by atoms with Crippen molar-refractivity contribution in [3.63, 3.8) is 0 Å². The van der Waals surface area contributed by atoms with Gasteiger partial charge in [-0.25, -0.2) is 15.0 Å². The van der Waals surface area contributed by atoms with E-state index >= 15 is 0 Å². The van der Waals surface area contributed by atoms with Crippen molar-refractivity contribution in [2.24, 2.45) is 23.2 Å². The smallest absolute Gasteiger partial charge is 0.261 e. The maximum absolute atomic E-state index is 7.61. The van der Waals surface area contributed by atoms with Gasteiger partial charge in [-0.2, -0.15) is 0 Å². The van der Waals surface area contributed by atoms with Crippen molar-refractivity contribution in [3.05, 3.63) is 73.3 Å². The van der Waals surface area contributed by atoms with E-state index in [9.17, 15) is 0 Å². The summed E-state index contributed by atoms with van der Waals surface area (Å²) >= 11 is 0. The van der Waals surface area contributed by atoms with E-state index < -0.39 is 14.1 Å². The van der Waals surface area contributed by atoms with Crippen molar-refractivity contribution in [1.29, 1.82) is 0 Å². The summed E-state index contributed by atoms with van der Waals surface area (Å²) in [4.78, 5) is 14.6. The Bertz CT molecular complexity index is 1760. The van der Waals surface area contributed by atoms with Gasteiger partial charge in [0, 0.05) is 18.1 Å². The minimum absolute atomic E-state index is 0.0522. The van der Waals surface area contributed by atoms with E-state index in [2.05, 4.69) is 91.3 Å². The van der Waals surface area contributed by atoms with Crippen LogP contribution in [0.3, 0.4) is 0 Å². The molecule has 4 saturated carbocycles. The molecule has 1 N–H and O–H groups in total. The van der Waals surface area contributed by atoms with E-state index in [0.29, 0.717) is 18.6 Å². The monoisotopic (exact) mass is 677 g/mol. The molecular weight excluding hydrogens is 627 g/mol. The second kappa shape index (κ2) is 11.5. The summed E-state index contributed by atoms with van der Waals surface area (Å²) in [5.74, 6) is 2.01. The van der Waals surface area contributed by atoms with Crippen LogP contribution in [-0.4, -0.2) is 58.5 Å². The van der Waals surface area contributed by atoms with Gasteiger partial charge in [0.25, 0.3) is 8.32 Å². The first-order chi connectivity index (χ1) is 23.6. The largest absolute Gasteiger partial charge is 0.407 e. The Kier molecular flexibility index (Phi) is 7.44. The van der Waals surface area contributed by atoms with Gasteiger partial charge in [-0.15, -0.1) is 0 Å². The number of fused-ring (bicyclic) bond motifs is 4. The van der Waals surface area contributed by atoms with E-state index in [-0.39, 0.29) is 28.7 Å². The molecule has 5 aliphatic rings. The molecule has 0 unspecified atom stereocenters. The summed E-state index contributed by atoms with van der Waals surface area (Å²) in [5.41, 5.74) is 1.59. The van der Waals surface area contributed by atoms with Crippen LogP contribution in [0.15, 0.2) is 73.3 Å². The van der Waals surface area contributed by atoms with Crippen LogP contribution in [0.5, 0.6) is 0 Å². The quantitative estimate of drug-likeness (QED) is 0.184. The molecule has 49 heavy (non-hydrogen) atoms. The van der Waals surface area contributed by atoms with Crippen LogP contribution in [0.1, 0.15) is 85.6 Å². The highest BCUT2D eigenvalue weighted by atomic mass is 28.4. The number of aromatic nitrogens is 4. The zero-order chi connectivity index (χ0) is 33.6. The first kappa shape index (κ1) is 31.8. The number of benzene rings is 2. The van der Waals surface area contributed by atoms with Crippen molar-refractivity contribution in [1.82, 2.24) is 19.5 Å². The first-order valence-corrected chi connectivity index (χ1v) is 20.6. The number of rotatable bonds is 10. The Morgan fingerprint density at radius 2 is 1.53 bits per heavy atom. The zero-order valence-electron chi connectivity index (χ0n) is 29.6. The predicted molar refractivity (Wildman–Crippen MR) is 194 cm³/mol. The molecule has 1 saturated heterocycles. The average Bonchev–Trinajstić information content (AvgIpc) is 3.28. The van der Waals surface area contributed by atoms with Gasteiger partial charge in [0.1, 0.15) is 17.9 Å². The molecule has 9 rings (SSSR count). The van der Waals surface area contributed by atoms with Crippen molar-refractivity contribution < 1.29 is 13.9 Å². The second-order valence-electron chi connectivity index (χ2n) is 17.1. The lowest BCUT2D eigenvalue weighted by molar-refractivity contribution is -0.162. The molecule has 258 valence electrons. The topological polar surface area (TPSA) is 83.3 Å². The molecule has 2 aromatic heterocycles. The lowest BCUT2D eigenvalue weighted by atomic mass is 9.68. The van der Waals surface area contributed by atoms with Crippen molar-refractivity contribution in [2.45, 2.75) is 115 Å². The van der Waals surface area contributed by atoms with Crippen LogP contribution in [-0.2, 0) is 13.9 Å². The average molecular weight is 678 g/mol. The number of hydrogen-bond acceptors (Lipinski definition) is 7. The summed E-state index contributed by atoms with van der Waals surface area (Å²) < 4.78 is 23.5. The maximum Gasteiger partial charge on any atom is 0.261 e. The van der Waals surface area contributed by atoms with Crippen LogP contribution in [0.2, 0.25) is 5.04 Å². The van der Waals surface area contributed by atoms with Crippen LogP contribution in [0, 0.1) is 23.2 Å². The molecule has 1 aliphatic heterocycles. The zero-order valence-corrected chi connectivity index (χ0v) is 30.6. The second-order valence-corrected chi connectivity index (χ2v) is 21.4. The van der Waals surface area contributed by atoms with Crippen molar-refractivity contribution in [3.8, 4) is 0 Å². The van der Waals surface area contributed by atoms with Crippen LogP contribution in [0.25, 0.3) is 11.2 Å². The fourth-order valence-corrected chi connectivity index (χ4v) is 14.6. The van der Waals surface area contributed by atoms with Crippen LogP contribution in [0.4, 0.5) is 5.82 Å². The molecule has 0 amide bonds. The van der Waals surface area contributed by atoms with Gasteiger partial charge in [-0.05, 0) is 79.1 Å². The number of ether oxygens (including phenoxy) is 2. The summed E-state index contributed by atoms with van der Waals surface area (Å²) in [5, 5.41) is 6.41. The third-order valence-corrected chi connectivity index (χ3v) is 17.9. The molecule has 2 aromatic carbocycles. The fourth-order valence-electron chi connectivity index (χ4n) is 10.0. The third kappa shape index (κ3) is 4.97. The number of hydrogen-bond donors (Lipinski definition) is 1. The minimum atomic E-state index is -2.73. The van der Waals surface area contributed by atoms with Gasteiger partial charge in [0.15, 0.2) is 17.3 Å². The molecule has 4 aromatic rings. The third-order valence-electron chi connectivity index (χ3n) is 12.9. The summed E-state index contributed by atoms with van der Waals surface area (Å²) in [6, 6.07) is 22.4. The van der Waals surface area contributed by atoms with Gasteiger partial charge in [-0.3, -0.25) is 0 Å². The van der Waals surface area contributed by atoms with Gasteiger partial charge in [0.2, 0.25) is 0 Å². The Morgan fingerprint density at radius 3 is 2.10 bits per heavy atom. The molecule has 4 aliphatic carbocycles.